The van der Waals surface area contributed by atoms with E-state index >= 15 is 0 Å². The van der Waals surface area contributed by atoms with Crippen LogP contribution in [0.4, 0.5) is 0 Å². The fraction of sp³-hybridized carbons (Fsp3) is 0.462. The summed E-state index contributed by atoms with van der Waals surface area (Å²) in [4.78, 5) is 18.1. The number of benzene rings is 1. The van der Waals surface area contributed by atoms with Gasteiger partial charge in [-0.25, -0.2) is 4.98 Å². The third-order valence-electron chi connectivity index (χ3n) is 6.84. The lowest BCUT2D eigenvalue weighted by Crippen LogP contribution is -2.51. The van der Waals surface area contributed by atoms with Crippen molar-refractivity contribution in [1.82, 2.24) is 9.88 Å². The Labute approximate surface area is 183 Å². The minimum absolute atomic E-state index is 0.128. The second-order valence-corrected chi connectivity index (χ2v) is 9.51. The summed E-state index contributed by atoms with van der Waals surface area (Å²) in [5.41, 5.74) is 4.82. The van der Waals surface area contributed by atoms with E-state index in [0.29, 0.717) is 6.04 Å². The molecule has 0 radical (unpaired) electrons. The van der Waals surface area contributed by atoms with Gasteiger partial charge < -0.3 is 9.84 Å². The maximum atomic E-state index is 11.2. The number of carboxylic acids is 1. The molecule has 5 nitrogen and oxygen atoms in total. The normalized spacial score (nSPS) is 23.5. The number of nitrogens with zero attached hydrogens (tertiary/aromatic N) is 2. The zero-order valence-electron chi connectivity index (χ0n) is 18.1. The van der Waals surface area contributed by atoms with Crippen molar-refractivity contribution in [1.29, 1.82) is 0 Å². The molecule has 0 unspecified atom stereocenters. The first-order valence-corrected chi connectivity index (χ1v) is 11.2. The molecule has 1 aromatic heterocycles. The molecule has 2 aromatic rings. The molecule has 160 valence electrons. The van der Waals surface area contributed by atoms with E-state index in [4.69, 9.17) is 4.74 Å². The quantitative estimate of drug-likeness (QED) is 0.764. The van der Waals surface area contributed by atoms with Gasteiger partial charge in [-0.1, -0.05) is 12.0 Å². The van der Waals surface area contributed by atoms with Crippen LogP contribution in [0, 0.1) is 17.8 Å². The minimum atomic E-state index is -0.644. The second-order valence-electron chi connectivity index (χ2n) is 9.51. The molecule has 0 amide bonds. The summed E-state index contributed by atoms with van der Waals surface area (Å²) < 4.78 is 5.64. The molecule has 1 aliphatic heterocycles. The van der Waals surface area contributed by atoms with Gasteiger partial charge in [0.1, 0.15) is 11.4 Å². The molecule has 2 aliphatic carbocycles. The Balaban J connectivity index is 1.31. The zero-order chi connectivity index (χ0) is 21.6. The van der Waals surface area contributed by atoms with Gasteiger partial charge in [-0.15, -0.1) is 0 Å². The molecule has 5 heteroatoms. The smallest absolute Gasteiger partial charge is 0.306 e. The standard InChI is InChI=1S/C26H28N2O3/c1-17(2)31-23-8-7-21(27-14-23)6-4-18-3-5-19-15-28(22-12-20(13-22)25(29)30)16-26(9-10-26)24(19)11-18/h3,5,7-8,11,14,17,20,22H,9-10,12-13,15-16H2,1-2H3,(H,29,30). The lowest BCUT2D eigenvalue weighted by atomic mass is 9.76. The first kappa shape index (κ1) is 20.1. The van der Waals surface area contributed by atoms with Gasteiger partial charge in [0.15, 0.2) is 0 Å². The molecule has 0 saturated heterocycles. The number of rotatable bonds is 4. The highest BCUT2D eigenvalue weighted by Gasteiger charge is 2.51. The lowest BCUT2D eigenvalue weighted by molar-refractivity contribution is -0.147. The number of hydrogen-bond donors (Lipinski definition) is 1. The van der Waals surface area contributed by atoms with Crippen molar-refractivity contribution < 1.29 is 14.6 Å². The van der Waals surface area contributed by atoms with Crippen molar-refractivity contribution in [2.45, 2.75) is 63.6 Å². The van der Waals surface area contributed by atoms with E-state index in [0.717, 1.165) is 42.9 Å². The van der Waals surface area contributed by atoms with Gasteiger partial charge in [-0.2, -0.15) is 0 Å². The summed E-state index contributed by atoms with van der Waals surface area (Å²) in [6.07, 6.45) is 5.85. The van der Waals surface area contributed by atoms with Crippen LogP contribution in [0.1, 0.15) is 61.9 Å². The van der Waals surface area contributed by atoms with Crippen molar-refractivity contribution in [2.75, 3.05) is 6.54 Å². The number of carbonyl (C=O) groups is 1. The number of ether oxygens (including phenoxy) is 1. The van der Waals surface area contributed by atoms with Gasteiger partial charge in [-0.05, 0) is 80.8 Å². The molecular formula is C26H28N2O3. The molecule has 2 heterocycles. The summed E-state index contributed by atoms with van der Waals surface area (Å²) in [5.74, 6) is 6.42. The van der Waals surface area contributed by atoms with Gasteiger partial charge in [0.25, 0.3) is 0 Å². The molecule has 2 fully saturated rings. The van der Waals surface area contributed by atoms with Crippen molar-refractivity contribution in [3.8, 4) is 17.6 Å². The summed E-state index contributed by atoms with van der Waals surface area (Å²) in [6.45, 7) is 5.96. The minimum Gasteiger partial charge on any atom is -0.489 e. The zero-order valence-corrected chi connectivity index (χ0v) is 18.1. The highest BCUT2D eigenvalue weighted by Crippen LogP contribution is 2.53. The first-order valence-electron chi connectivity index (χ1n) is 11.2. The van der Waals surface area contributed by atoms with Crippen molar-refractivity contribution in [3.05, 3.63) is 58.9 Å². The van der Waals surface area contributed by atoms with Gasteiger partial charge in [0.05, 0.1) is 18.2 Å². The number of carboxylic acid groups (broad SMARTS) is 1. The highest BCUT2D eigenvalue weighted by atomic mass is 16.5. The van der Waals surface area contributed by atoms with Crippen LogP contribution in [0.5, 0.6) is 5.75 Å². The molecule has 2 saturated carbocycles. The Morgan fingerprint density at radius 3 is 2.68 bits per heavy atom. The Bertz CT molecular complexity index is 1050. The average molecular weight is 417 g/mol. The third-order valence-corrected chi connectivity index (χ3v) is 6.84. The second kappa shape index (κ2) is 7.69. The lowest BCUT2D eigenvalue weighted by Gasteiger charge is -2.46. The van der Waals surface area contributed by atoms with E-state index in [2.05, 4.69) is 39.9 Å². The molecule has 0 atom stereocenters. The van der Waals surface area contributed by atoms with E-state index in [-0.39, 0.29) is 17.4 Å². The summed E-state index contributed by atoms with van der Waals surface area (Å²) in [6, 6.07) is 10.8. The maximum absolute atomic E-state index is 11.2. The Morgan fingerprint density at radius 2 is 2.03 bits per heavy atom. The first-order chi connectivity index (χ1) is 14.9. The Morgan fingerprint density at radius 1 is 1.23 bits per heavy atom. The van der Waals surface area contributed by atoms with E-state index in [1.165, 1.54) is 24.0 Å². The predicted molar refractivity (Wildman–Crippen MR) is 118 cm³/mol. The maximum Gasteiger partial charge on any atom is 0.306 e. The number of pyridine rings is 1. The van der Waals surface area contributed by atoms with Crippen LogP contribution in [-0.4, -0.2) is 39.7 Å². The molecule has 1 aromatic carbocycles. The van der Waals surface area contributed by atoms with Crippen molar-refractivity contribution in [2.24, 2.45) is 5.92 Å². The predicted octanol–water partition coefficient (Wildman–Crippen LogP) is 3.98. The molecule has 5 rings (SSSR count). The van der Waals surface area contributed by atoms with E-state index < -0.39 is 5.97 Å². The molecular weight excluding hydrogens is 388 g/mol. The highest BCUT2D eigenvalue weighted by molar-refractivity contribution is 5.71. The van der Waals surface area contributed by atoms with Crippen molar-refractivity contribution in [3.63, 3.8) is 0 Å². The van der Waals surface area contributed by atoms with Crippen LogP contribution in [0.25, 0.3) is 0 Å². The Kier molecular flexibility index (Phi) is 4.98. The fourth-order valence-corrected chi connectivity index (χ4v) is 4.89. The molecule has 0 bridgehead atoms. The summed E-state index contributed by atoms with van der Waals surface area (Å²) in [7, 11) is 0. The van der Waals surface area contributed by atoms with Crippen molar-refractivity contribution >= 4 is 5.97 Å². The van der Waals surface area contributed by atoms with E-state index in [9.17, 15) is 9.90 Å². The number of hydrogen-bond acceptors (Lipinski definition) is 4. The van der Waals surface area contributed by atoms with E-state index in [1.54, 1.807) is 6.20 Å². The van der Waals surface area contributed by atoms with Crippen LogP contribution in [-0.2, 0) is 16.8 Å². The number of aromatic nitrogens is 1. The SMILES string of the molecule is CC(C)Oc1ccc(C#Cc2ccc3c(c2)C2(CC2)CN(C2CC(C(=O)O)C2)C3)nc1. The Hall–Kier alpha value is -2.84. The fourth-order valence-electron chi connectivity index (χ4n) is 4.89. The number of fused-ring (bicyclic) bond motifs is 2. The molecule has 31 heavy (non-hydrogen) atoms. The summed E-state index contributed by atoms with van der Waals surface area (Å²) in [5, 5.41) is 9.19. The van der Waals surface area contributed by atoms with Crippen LogP contribution in [0.2, 0.25) is 0 Å². The van der Waals surface area contributed by atoms with Crippen LogP contribution >= 0.6 is 0 Å². The topological polar surface area (TPSA) is 62.7 Å². The van der Waals surface area contributed by atoms with Crippen LogP contribution < -0.4 is 4.74 Å². The molecule has 1 N–H and O–H groups in total. The average Bonchev–Trinajstić information content (AvgIpc) is 3.46. The van der Waals surface area contributed by atoms with Gasteiger partial charge in [0, 0.05) is 30.1 Å². The van der Waals surface area contributed by atoms with Gasteiger partial charge in [0.2, 0.25) is 0 Å². The van der Waals surface area contributed by atoms with Gasteiger partial charge in [-0.3, -0.25) is 9.69 Å². The van der Waals surface area contributed by atoms with Gasteiger partial charge >= 0.3 is 5.97 Å². The summed E-state index contributed by atoms with van der Waals surface area (Å²) >= 11 is 0. The van der Waals surface area contributed by atoms with Crippen LogP contribution in [0.15, 0.2) is 36.5 Å². The monoisotopic (exact) mass is 416 g/mol. The largest absolute Gasteiger partial charge is 0.489 e. The van der Waals surface area contributed by atoms with Crippen LogP contribution in [0.3, 0.4) is 0 Å². The van der Waals surface area contributed by atoms with E-state index in [1.807, 2.05) is 26.0 Å². The number of aliphatic carboxylic acids is 1. The molecule has 3 aliphatic rings. The molecule has 1 spiro atoms. The third kappa shape index (κ3) is 4.05.